The summed E-state index contributed by atoms with van der Waals surface area (Å²) in [4.78, 5) is 4.83. The number of nitrogens with zero attached hydrogens (tertiary/aromatic N) is 3. The van der Waals surface area contributed by atoms with Crippen LogP contribution in [0.2, 0.25) is 0 Å². The molecule has 0 spiro atoms. The number of aromatic nitrogens is 3. The Morgan fingerprint density at radius 3 is 2.48 bits per heavy atom. The van der Waals surface area contributed by atoms with Gasteiger partial charge in [-0.15, -0.1) is 10.2 Å². The number of pyridine rings is 1. The first kappa shape index (κ1) is 19.5. The summed E-state index contributed by atoms with van der Waals surface area (Å²) in [6.07, 6.45) is 0. The Morgan fingerprint density at radius 1 is 1.00 bits per heavy atom. The number of hydrogen-bond donors (Lipinski definition) is 0. The molecule has 0 saturated carbocycles. The van der Waals surface area contributed by atoms with E-state index in [0.29, 0.717) is 17.5 Å². The molecule has 0 unspecified atom stereocenters. The highest BCUT2D eigenvalue weighted by molar-refractivity contribution is 7.98. The van der Waals surface area contributed by atoms with Gasteiger partial charge >= 0.3 is 0 Å². The Kier molecular flexibility index (Phi) is 5.28. The molecule has 2 aromatic heterocycles. The fourth-order valence-electron chi connectivity index (χ4n) is 2.99. The summed E-state index contributed by atoms with van der Waals surface area (Å²) in [5, 5.41) is 10.3. The average molecular weight is 406 g/mol. The number of methoxy groups -OCH3 is 1. The van der Waals surface area contributed by atoms with Gasteiger partial charge in [-0.2, -0.15) is 0 Å². The molecule has 5 nitrogen and oxygen atoms in total. The number of benzene rings is 2. The molecule has 0 atom stereocenters. The van der Waals surface area contributed by atoms with Crippen LogP contribution in [0, 0.1) is 0 Å². The van der Waals surface area contributed by atoms with Crippen molar-refractivity contribution in [1.29, 1.82) is 0 Å². The van der Waals surface area contributed by atoms with E-state index in [9.17, 15) is 0 Å². The summed E-state index contributed by atoms with van der Waals surface area (Å²) in [5.74, 6) is 2.61. The number of thioether (sulfide) groups is 1. The van der Waals surface area contributed by atoms with Gasteiger partial charge in [0.05, 0.1) is 23.4 Å². The lowest BCUT2D eigenvalue weighted by Crippen LogP contribution is -2.11. The molecule has 4 rings (SSSR count). The lowest BCUT2D eigenvalue weighted by molar-refractivity contribution is 0.378. The van der Waals surface area contributed by atoms with E-state index in [-0.39, 0.29) is 5.41 Å². The summed E-state index contributed by atoms with van der Waals surface area (Å²) in [5.41, 5.74) is 3.03. The Hall–Kier alpha value is -2.86. The third-order valence-corrected chi connectivity index (χ3v) is 5.43. The number of fused-ring (bicyclic) bond motifs is 1. The molecule has 0 aliphatic carbocycles. The van der Waals surface area contributed by atoms with Crippen LogP contribution >= 0.6 is 11.8 Å². The minimum absolute atomic E-state index is 0.159. The highest BCUT2D eigenvalue weighted by Crippen LogP contribution is 2.34. The van der Waals surface area contributed by atoms with Crippen LogP contribution in [-0.4, -0.2) is 22.3 Å². The standard InChI is InChI=1S/C23H23N3O2S/c1-23(2,3)22-26-25-20(28-22)14-29-21-13-18(15-8-6-5-7-9-15)17-11-10-16(27-4)12-19(17)24-21/h5-13H,14H2,1-4H3. The van der Waals surface area contributed by atoms with Gasteiger partial charge in [-0.25, -0.2) is 4.98 Å². The molecular weight excluding hydrogens is 382 g/mol. The van der Waals surface area contributed by atoms with Crippen LogP contribution in [-0.2, 0) is 11.2 Å². The van der Waals surface area contributed by atoms with Crippen molar-refractivity contribution in [3.05, 3.63) is 66.4 Å². The normalized spacial score (nSPS) is 11.7. The van der Waals surface area contributed by atoms with Crippen molar-refractivity contribution in [2.45, 2.75) is 37.0 Å². The van der Waals surface area contributed by atoms with E-state index < -0.39 is 0 Å². The highest BCUT2D eigenvalue weighted by atomic mass is 32.2. The van der Waals surface area contributed by atoms with Crippen LogP contribution in [0.3, 0.4) is 0 Å². The van der Waals surface area contributed by atoms with E-state index >= 15 is 0 Å². The van der Waals surface area contributed by atoms with E-state index in [2.05, 4.69) is 55.2 Å². The Morgan fingerprint density at radius 2 is 1.79 bits per heavy atom. The Labute approximate surface area is 174 Å². The van der Waals surface area contributed by atoms with Gasteiger partial charge in [-0.3, -0.25) is 0 Å². The molecule has 2 aromatic carbocycles. The quantitative estimate of drug-likeness (QED) is 0.386. The molecule has 0 amide bonds. The molecular formula is C23H23N3O2S. The molecule has 0 bridgehead atoms. The van der Waals surface area contributed by atoms with Crippen molar-refractivity contribution in [3.8, 4) is 16.9 Å². The number of ether oxygens (including phenoxy) is 1. The van der Waals surface area contributed by atoms with Gasteiger partial charge in [0.15, 0.2) is 0 Å². The van der Waals surface area contributed by atoms with Crippen molar-refractivity contribution < 1.29 is 9.15 Å². The first-order chi connectivity index (χ1) is 13.9. The molecule has 148 valence electrons. The van der Waals surface area contributed by atoms with Crippen LogP contribution in [0.5, 0.6) is 5.75 Å². The second kappa shape index (κ2) is 7.87. The second-order valence-corrected chi connectivity index (χ2v) is 8.79. The van der Waals surface area contributed by atoms with Gasteiger partial charge in [-0.1, -0.05) is 62.9 Å². The molecule has 2 heterocycles. The third-order valence-electron chi connectivity index (χ3n) is 4.53. The lowest BCUT2D eigenvalue weighted by atomic mass is 9.97. The summed E-state index contributed by atoms with van der Waals surface area (Å²) in [7, 11) is 1.67. The van der Waals surface area contributed by atoms with Crippen molar-refractivity contribution in [1.82, 2.24) is 15.2 Å². The predicted molar refractivity (Wildman–Crippen MR) is 116 cm³/mol. The lowest BCUT2D eigenvalue weighted by Gasteiger charge is -2.11. The zero-order valence-electron chi connectivity index (χ0n) is 17.0. The monoisotopic (exact) mass is 405 g/mol. The molecule has 0 aliphatic heterocycles. The molecule has 4 aromatic rings. The molecule has 0 fully saturated rings. The van der Waals surface area contributed by atoms with Crippen molar-refractivity contribution in [2.24, 2.45) is 0 Å². The van der Waals surface area contributed by atoms with Crippen LogP contribution in [0.15, 0.2) is 64.0 Å². The molecule has 0 radical (unpaired) electrons. The summed E-state index contributed by atoms with van der Waals surface area (Å²) in [6, 6.07) is 18.5. The maximum absolute atomic E-state index is 5.82. The fraction of sp³-hybridized carbons (Fsp3) is 0.261. The van der Waals surface area contributed by atoms with E-state index in [1.165, 1.54) is 0 Å². The second-order valence-electron chi connectivity index (χ2n) is 7.80. The SMILES string of the molecule is COc1ccc2c(-c3ccccc3)cc(SCc3nnc(C(C)(C)C)o3)nc2c1. The van der Waals surface area contributed by atoms with E-state index in [1.54, 1.807) is 18.9 Å². The van der Waals surface area contributed by atoms with Gasteiger partial charge in [0.25, 0.3) is 0 Å². The van der Waals surface area contributed by atoms with Gasteiger partial charge in [-0.05, 0) is 29.3 Å². The van der Waals surface area contributed by atoms with Gasteiger partial charge in [0, 0.05) is 16.9 Å². The molecule has 6 heteroatoms. The van der Waals surface area contributed by atoms with Gasteiger partial charge in [0.1, 0.15) is 5.75 Å². The van der Waals surface area contributed by atoms with Crippen LogP contribution in [0.1, 0.15) is 32.6 Å². The number of hydrogen-bond acceptors (Lipinski definition) is 6. The molecule has 0 N–H and O–H groups in total. The zero-order valence-corrected chi connectivity index (χ0v) is 17.8. The maximum atomic E-state index is 5.82. The van der Waals surface area contributed by atoms with E-state index in [0.717, 1.165) is 32.8 Å². The molecule has 0 saturated heterocycles. The average Bonchev–Trinajstić information content (AvgIpc) is 3.21. The van der Waals surface area contributed by atoms with Crippen LogP contribution in [0.4, 0.5) is 0 Å². The summed E-state index contributed by atoms with van der Waals surface area (Å²) >= 11 is 1.59. The minimum atomic E-state index is -0.159. The van der Waals surface area contributed by atoms with Crippen molar-refractivity contribution in [3.63, 3.8) is 0 Å². The van der Waals surface area contributed by atoms with Gasteiger partial charge in [0.2, 0.25) is 11.8 Å². The topological polar surface area (TPSA) is 61.0 Å². The largest absolute Gasteiger partial charge is 0.497 e. The maximum Gasteiger partial charge on any atom is 0.226 e. The first-order valence-corrected chi connectivity index (χ1v) is 10.4. The van der Waals surface area contributed by atoms with Crippen molar-refractivity contribution >= 4 is 22.7 Å². The number of rotatable bonds is 5. The molecule has 0 aliphatic rings. The van der Waals surface area contributed by atoms with Crippen molar-refractivity contribution in [2.75, 3.05) is 7.11 Å². The highest BCUT2D eigenvalue weighted by Gasteiger charge is 2.21. The minimum Gasteiger partial charge on any atom is -0.497 e. The third kappa shape index (κ3) is 4.27. The predicted octanol–water partition coefficient (Wildman–Crippen LogP) is 5.88. The Bertz CT molecular complexity index is 1130. The Balaban J connectivity index is 1.69. The van der Waals surface area contributed by atoms with E-state index in [4.69, 9.17) is 14.1 Å². The zero-order chi connectivity index (χ0) is 20.4. The van der Waals surface area contributed by atoms with Crippen LogP contribution < -0.4 is 4.74 Å². The molecule has 29 heavy (non-hydrogen) atoms. The summed E-state index contributed by atoms with van der Waals surface area (Å²) < 4.78 is 11.2. The van der Waals surface area contributed by atoms with Crippen LogP contribution in [0.25, 0.3) is 22.0 Å². The fourth-order valence-corrected chi connectivity index (χ4v) is 3.74. The smallest absolute Gasteiger partial charge is 0.226 e. The van der Waals surface area contributed by atoms with E-state index in [1.807, 2.05) is 30.3 Å². The summed E-state index contributed by atoms with van der Waals surface area (Å²) in [6.45, 7) is 6.17. The van der Waals surface area contributed by atoms with Gasteiger partial charge < -0.3 is 9.15 Å². The first-order valence-electron chi connectivity index (χ1n) is 9.44.